The van der Waals surface area contributed by atoms with Crippen molar-refractivity contribution in [1.82, 2.24) is 9.55 Å². The molecule has 0 unspecified atom stereocenters. The summed E-state index contributed by atoms with van der Waals surface area (Å²) < 4.78 is 6.45. The Kier molecular flexibility index (Phi) is 4.10. The van der Waals surface area contributed by atoms with E-state index in [2.05, 4.69) is 16.3 Å². The molecule has 16 heavy (non-hydrogen) atoms. The van der Waals surface area contributed by atoms with E-state index in [9.17, 15) is 4.79 Å². The Balaban J connectivity index is 3.10. The predicted octanol–water partition coefficient (Wildman–Crippen LogP) is 1.39. The highest BCUT2D eigenvalue weighted by molar-refractivity contribution is 5.92. The van der Waals surface area contributed by atoms with E-state index < -0.39 is 5.97 Å². The Morgan fingerprint density at radius 2 is 2.38 bits per heavy atom. The number of nitrogen functional groups attached to an aromatic ring is 1. The number of carbonyl (C=O) groups is 1. The second-order valence-electron chi connectivity index (χ2n) is 3.34. The molecule has 0 fully saturated rings. The Morgan fingerprint density at radius 3 is 2.88 bits per heavy atom. The number of anilines is 1. The number of carbonyl (C=O) groups excluding carboxylic acids is 1. The summed E-state index contributed by atoms with van der Waals surface area (Å²) >= 11 is 0. The fourth-order valence-corrected chi connectivity index (χ4v) is 1.50. The molecule has 0 aliphatic rings. The van der Waals surface area contributed by atoms with Crippen molar-refractivity contribution in [3.8, 4) is 0 Å². The zero-order valence-corrected chi connectivity index (χ0v) is 9.69. The van der Waals surface area contributed by atoms with Crippen LogP contribution in [-0.2, 0) is 17.7 Å². The molecule has 0 aliphatic heterocycles. The first-order valence-electron chi connectivity index (χ1n) is 5.19. The van der Waals surface area contributed by atoms with Gasteiger partial charge in [-0.1, -0.05) is 13.0 Å². The van der Waals surface area contributed by atoms with Crippen molar-refractivity contribution in [3.05, 3.63) is 24.2 Å². The van der Waals surface area contributed by atoms with Crippen molar-refractivity contribution in [2.24, 2.45) is 0 Å². The third-order valence-corrected chi connectivity index (χ3v) is 2.34. The van der Waals surface area contributed by atoms with Crippen molar-refractivity contribution in [2.45, 2.75) is 26.3 Å². The van der Waals surface area contributed by atoms with Crippen LogP contribution < -0.4 is 5.73 Å². The molecule has 1 heterocycles. The number of allylic oxidation sites excluding steroid dienone is 1. The van der Waals surface area contributed by atoms with E-state index in [0.717, 1.165) is 18.7 Å². The summed E-state index contributed by atoms with van der Waals surface area (Å²) in [6.07, 6.45) is 3.31. The number of hydrogen-bond acceptors (Lipinski definition) is 4. The van der Waals surface area contributed by atoms with E-state index in [4.69, 9.17) is 5.73 Å². The van der Waals surface area contributed by atoms with Gasteiger partial charge in [0.05, 0.1) is 7.11 Å². The standard InChI is InChI=1S/C11H17N3O2/c1-4-6-7-14-8(5-2)13-9(10(14)12)11(15)16-3/h4H,1,5-7,12H2,2-3H3. The number of esters is 1. The van der Waals surface area contributed by atoms with E-state index in [-0.39, 0.29) is 5.69 Å². The summed E-state index contributed by atoms with van der Waals surface area (Å²) in [4.78, 5) is 15.6. The van der Waals surface area contributed by atoms with Gasteiger partial charge in [-0.05, 0) is 6.42 Å². The van der Waals surface area contributed by atoms with E-state index in [1.807, 2.05) is 11.5 Å². The summed E-state index contributed by atoms with van der Waals surface area (Å²) in [5, 5.41) is 0. The zero-order chi connectivity index (χ0) is 12.1. The Morgan fingerprint density at radius 1 is 1.69 bits per heavy atom. The molecular formula is C11H17N3O2. The van der Waals surface area contributed by atoms with Crippen LogP contribution in [0.3, 0.4) is 0 Å². The minimum absolute atomic E-state index is 0.198. The maximum absolute atomic E-state index is 11.4. The van der Waals surface area contributed by atoms with Crippen LogP contribution in [0.1, 0.15) is 29.7 Å². The van der Waals surface area contributed by atoms with Gasteiger partial charge in [-0.25, -0.2) is 9.78 Å². The largest absolute Gasteiger partial charge is 0.464 e. The lowest BCUT2D eigenvalue weighted by Gasteiger charge is -2.06. The quantitative estimate of drug-likeness (QED) is 0.605. The van der Waals surface area contributed by atoms with Gasteiger partial charge in [0.1, 0.15) is 11.6 Å². The molecular weight excluding hydrogens is 206 g/mol. The summed E-state index contributed by atoms with van der Waals surface area (Å²) in [6.45, 7) is 6.30. The van der Waals surface area contributed by atoms with Crippen molar-refractivity contribution in [3.63, 3.8) is 0 Å². The van der Waals surface area contributed by atoms with E-state index in [1.54, 1.807) is 6.08 Å². The van der Waals surface area contributed by atoms with Gasteiger partial charge in [0, 0.05) is 13.0 Å². The lowest BCUT2D eigenvalue weighted by Crippen LogP contribution is -2.09. The summed E-state index contributed by atoms with van der Waals surface area (Å²) in [5.74, 6) is 0.662. The van der Waals surface area contributed by atoms with Crippen LogP contribution in [0.4, 0.5) is 5.82 Å². The second kappa shape index (κ2) is 5.34. The minimum Gasteiger partial charge on any atom is -0.464 e. The van der Waals surface area contributed by atoms with Crippen LogP contribution in [0.5, 0.6) is 0 Å². The van der Waals surface area contributed by atoms with Crippen LogP contribution in [0.15, 0.2) is 12.7 Å². The van der Waals surface area contributed by atoms with Crippen molar-refractivity contribution in [2.75, 3.05) is 12.8 Å². The van der Waals surface area contributed by atoms with E-state index >= 15 is 0 Å². The molecule has 1 rings (SSSR count). The molecule has 1 aromatic heterocycles. The molecule has 2 N–H and O–H groups in total. The minimum atomic E-state index is -0.496. The molecule has 0 atom stereocenters. The fraction of sp³-hybridized carbons (Fsp3) is 0.455. The Labute approximate surface area is 94.9 Å². The molecule has 0 spiro atoms. The van der Waals surface area contributed by atoms with Gasteiger partial charge in [0.25, 0.3) is 0 Å². The van der Waals surface area contributed by atoms with Gasteiger partial charge in [0.2, 0.25) is 0 Å². The van der Waals surface area contributed by atoms with Crippen molar-refractivity contribution >= 4 is 11.8 Å². The number of nitrogens with two attached hydrogens (primary N) is 1. The predicted molar refractivity (Wildman–Crippen MR) is 62.2 cm³/mol. The van der Waals surface area contributed by atoms with E-state index in [0.29, 0.717) is 12.4 Å². The highest BCUT2D eigenvalue weighted by atomic mass is 16.5. The molecule has 0 saturated heterocycles. The molecule has 0 aliphatic carbocycles. The van der Waals surface area contributed by atoms with Crippen LogP contribution in [0.25, 0.3) is 0 Å². The number of hydrogen-bond donors (Lipinski definition) is 1. The Hall–Kier alpha value is -1.78. The SMILES string of the molecule is C=CCCn1c(CC)nc(C(=O)OC)c1N. The number of aromatic nitrogens is 2. The monoisotopic (exact) mass is 223 g/mol. The lowest BCUT2D eigenvalue weighted by molar-refractivity contribution is 0.0595. The molecule has 0 bridgehead atoms. The number of methoxy groups -OCH3 is 1. The van der Waals surface area contributed by atoms with Crippen LogP contribution in [0.2, 0.25) is 0 Å². The van der Waals surface area contributed by atoms with E-state index in [1.165, 1.54) is 7.11 Å². The van der Waals surface area contributed by atoms with Gasteiger partial charge < -0.3 is 15.0 Å². The van der Waals surface area contributed by atoms with Crippen molar-refractivity contribution in [1.29, 1.82) is 0 Å². The third kappa shape index (κ3) is 2.24. The third-order valence-electron chi connectivity index (χ3n) is 2.34. The highest BCUT2D eigenvalue weighted by Gasteiger charge is 2.19. The van der Waals surface area contributed by atoms with Crippen LogP contribution >= 0.6 is 0 Å². The molecule has 0 radical (unpaired) electrons. The van der Waals surface area contributed by atoms with Gasteiger partial charge in [0.15, 0.2) is 5.69 Å². The number of nitrogens with zero attached hydrogens (tertiary/aromatic N) is 2. The van der Waals surface area contributed by atoms with Gasteiger partial charge in [-0.3, -0.25) is 0 Å². The first kappa shape index (κ1) is 12.3. The highest BCUT2D eigenvalue weighted by Crippen LogP contribution is 2.16. The van der Waals surface area contributed by atoms with Crippen LogP contribution in [0, 0.1) is 0 Å². The molecule has 0 amide bonds. The number of aryl methyl sites for hydroxylation is 1. The average Bonchev–Trinajstić information content (AvgIpc) is 2.62. The Bertz CT molecular complexity index is 396. The molecule has 88 valence electrons. The summed E-state index contributed by atoms with van der Waals surface area (Å²) in [5.41, 5.74) is 6.06. The number of ether oxygens (including phenoxy) is 1. The molecule has 5 nitrogen and oxygen atoms in total. The van der Waals surface area contributed by atoms with Crippen LogP contribution in [-0.4, -0.2) is 22.6 Å². The lowest BCUT2D eigenvalue weighted by atomic mass is 10.4. The maximum atomic E-state index is 11.4. The maximum Gasteiger partial charge on any atom is 0.360 e. The van der Waals surface area contributed by atoms with Crippen molar-refractivity contribution < 1.29 is 9.53 Å². The fourth-order valence-electron chi connectivity index (χ4n) is 1.50. The average molecular weight is 223 g/mol. The second-order valence-corrected chi connectivity index (χ2v) is 3.34. The first-order valence-corrected chi connectivity index (χ1v) is 5.19. The molecule has 5 heteroatoms. The molecule has 0 saturated carbocycles. The molecule has 1 aromatic rings. The van der Waals surface area contributed by atoms with Gasteiger partial charge in [-0.2, -0.15) is 0 Å². The summed E-state index contributed by atoms with van der Waals surface area (Å²) in [6, 6.07) is 0. The van der Waals surface area contributed by atoms with Gasteiger partial charge >= 0.3 is 5.97 Å². The smallest absolute Gasteiger partial charge is 0.360 e. The molecule has 0 aromatic carbocycles. The normalized spacial score (nSPS) is 10.1. The van der Waals surface area contributed by atoms with Gasteiger partial charge in [-0.15, -0.1) is 6.58 Å². The zero-order valence-electron chi connectivity index (χ0n) is 9.69. The number of imidazole rings is 1. The summed E-state index contributed by atoms with van der Waals surface area (Å²) in [7, 11) is 1.32. The topological polar surface area (TPSA) is 70.1 Å². The first-order chi connectivity index (χ1) is 7.65. The number of rotatable bonds is 5.